The number of hydrogen-bond donors (Lipinski definition) is 1. The molecule has 148 valence electrons. The molecule has 3 rings (SSSR count). The van der Waals surface area contributed by atoms with Crippen molar-refractivity contribution in [3.63, 3.8) is 0 Å². The summed E-state index contributed by atoms with van der Waals surface area (Å²) in [7, 11) is 3.07. The number of aromatic nitrogens is 4. The maximum Gasteiger partial charge on any atom is 0.270 e. The summed E-state index contributed by atoms with van der Waals surface area (Å²) < 4.78 is 11.8. The molecule has 28 heavy (non-hydrogen) atoms. The van der Waals surface area contributed by atoms with Gasteiger partial charge in [0.2, 0.25) is 5.95 Å². The van der Waals surface area contributed by atoms with Crippen molar-refractivity contribution < 1.29 is 9.47 Å². The molecule has 0 aliphatic rings. The third-order valence-electron chi connectivity index (χ3n) is 4.08. The molecule has 1 N–H and O–H groups in total. The Balaban J connectivity index is 2.22. The Morgan fingerprint density at radius 2 is 2.04 bits per heavy atom. The van der Waals surface area contributed by atoms with E-state index in [-0.39, 0.29) is 18.1 Å². The van der Waals surface area contributed by atoms with Crippen LogP contribution in [0.15, 0.2) is 34.3 Å². The van der Waals surface area contributed by atoms with Crippen LogP contribution < -0.4 is 10.9 Å². The van der Waals surface area contributed by atoms with Crippen molar-refractivity contribution in [2.24, 2.45) is 0 Å². The SMILES string of the molecule is COC(CNc1nc2nc(SC)ncc2c(=O)n1-c1ccc(C)cc1Cl)OC. The highest BCUT2D eigenvalue weighted by molar-refractivity contribution is 7.98. The fourth-order valence-electron chi connectivity index (χ4n) is 2.63. The third kappa shape index (κ3) is 4.12. The Kier molecular flexibility index (Phi) is 6.50. The van der Waals surface area contributed by atoms with Crippen LogP contribution in [0.2, 0.25) is 5.02 Å². The summed E-state index contributed by atoms with van der Waals surface area (Å²) in [6, 6.07) is 5.44. The van der Waals surface area contributed by atoms with Gasteiger partial charge in [0.05, 0.1) is 17.3 Å². The number of thioether (sulfide) groups is 1. The van der Waals surface area contributed by atoms with Gasteiger partial charge < -0.3 is 14.8 Å². The number of methoxy groups -OCH3 is 2. The number of anilines is 1. The second kappa shape index (κ2) is 8.87. The number of nitrogens with zero attached hydrogens (tertiary/aromatic N) is 4. The molecule has 0 radical (unpaired) electrons. The monoisotopic (exact) mass is 421 g/mol. The van der Waals surface area contributed by atoms with E-state index in [0.717, 1.165) is 5.56 Å². The topological polar surface area (TPSA) is 91.2 Å². The lowest BCUT2D eigenvalue weighted by molar-refractivity contribution is -0.0915. The van der Waals surface area contributed by atoms with Crippen LogP contribution in [0, 0.1) is 6.92 Å². The summed E-state index contributed by atoms with van der Waals surface area (Å²) in [6.07, 6.45) is 2.83. The van der Waals surface area contributed by atoms with Crippen molar-refractivity contribution in [2.45, 2.75) is 18.4 Å². The zero-order valence-corrected chi connectivity index (χ0v) is 17.5. The molecule has 2 aromatic heterocycles. The van der Waals surface area contributed by atoms with Gasteiger partial charge in [0.1, 0.15) is 5.39 Å². The average molecular weight is 422 g/mol. The second-order valence-electron chi connectivity index (χ2n) is 5.91. The highest BCUT2D eigenvalue weighted by Crippen LogP contribution is 2.24. The molecule has 0 fully saturated rings. The van der Waals surface area contributed by atoms with Crippen LogP contribution in [-0.4, -0.2) is 52.8 Å². The molecular weight excluding hydrogens is 402 g/mol. The molecule has 0 spiro atoms. The quantitative estimate of drug-likeness (QED) is 0.353. The van der Waals surface area contributed by atoms with Crippen LogP contribution in [0.3, 0.4) is 0 Å². The largest absolute Gasteiger partial charge is 0.354 e. The van der Waals surface area contributed by atoms with Gasteiger partial charge in [0.15, 0.2) is 17.1 Å². The summed E-state index contributed by atoms with van der Waals surface area (Å²) in [6.45, 7) is 2.20. The number of hydrogen-bond acceptors (Lipinski definition) is 8. The van der Waals surface area contributed by atoms with Crippen LogP contribution in [0.5, 0.6) is 0 Å². The van der Waals surface area contributed by atoms with Gasteiger partial charge in [-0.05, 0) is 30.9 Å². The van der Waals surface area contributed by atoms with E-state index in [4.69, 9.17) is 21.1 Å². The Bertz CT molecular complexity index is 1060. The fraction of sp³-hybridized carbons (Fsp3) is 0.333. The van der Waals surface area contributed by atoms with Gasteiger partial charge in [-0.3, -0.25) is 4.79 Å². The van der Waals surface area contributed by atoms with Gasteiger partial charge >= 0.3 is 0 Å². The van der Waals surface area contributed by atoms with Crippen molar-refractivity contribution >= 4 is 40.3 Å². The molecule has 1 aromatic carbocycles. The molecule has 3 aromatic rings. The van der Waals surface area contributed by atoms with E-state index in [0.29, 0.717) is 26.9 Å². The molecule has 0 saturated carbocycles. The molecular formula is C18H20ClN5O3S. The minimum absolute atomic E-state index is 0.273. The molecule has 0 atom stereocenters. The van der Waals surface area contributed by atoms with Crippen LogP contribution >= 0.6 is 23.4 Å². The van der Waals surface area contributed by atoms with E-state index in [1.54, 1.807) is 12.1 Å². The molecule has 10 heteroatoms. The van der Waals surface area contributed by atoms with Crippen molar-refractivity contribution in [3.8, 4) is 5.69 Å². The zero-order valence-electron chi connectivity index (χ0n) is 15.9. The van der Waals surface area contributed by atoms with Crippen LogP contribution in [-0.2, 0) is 9.47 Å². The van der Waals surface area contributed by atoms with E-state index in [1.807, 2.05) is 19.2 Å². The van der Waals surface area contributed by atoms with E-state index >= 15 is 0 Å². The number of ether oxygens (including phenoxy) is 2. The third-order valence-corrected chi connectivity index (χ3v) is 4.95. The van der Waals surface area contributed by atoms with E-state index in [9.17, 15) is 4.79 Å². The number of fused-ring (bicyclic) bond motifs is 1. The number of benzene rings is 1. The summed E-state index contributed by atoms with van der Waals surface area (Å²) >= 11 is 7.80. The van der Waals surface area contributed by atoms with E-state index < -0.39 is 6.29 Å². The van der Waals surface area contributed by atoms with Gasteiger partial charge in [-0.1, -0.05) is 29.4 Å². The predicted molar refractivity (Wildman–Crippen MR) is 111 cm³/mol. The van der Waals surface area contributed by atoms with Crippen LogP contribution in [0.25, 0.3) is 16.7 Å². The Morgan fingerprint density at radius 3 is 2.68 bits per heavy atom. The number of rotatable bonds is 7. The molecule has 0 saturated heterocycles. The summed E-state index contributed by atoms with van der Waals surface area (Å²) in [5.41, 5.74) is 1.47. The normalized spacial score (nSPS) is 11.4. The predicted octanol–water partition coefficient (Wildman–Crippen LogP) is 2.89. The molecule has 0 unspecified atom stereocenters. The van der Waals surface area contributed by atoms with Crippen molar-refractivity contribution in [1.29, 1.82) is 0 Å². The minimum atomic E-state index is -0.512. The lowest BCUT2D eigenvalue weighted by Crippen LogP contribution is -2.29. The van der Waals surface area contributed by atoms with Crippen LogP contribution in [0.1, 0.15) is 5.56 Å². The maximum atomic E-state index is 13.2. The fourth-order valence-corrected chi connectivity index (χ4v) is 3.29. The zero-order chi connectivity index (χ0) is 20.3. The van der Waals surface area contributed by atoms with Gasteiger partial charge in [-0.25, -0.2) is 14.5 Å². The average Bonchev–Trinajstić information content (AvgIpc) is 2.69. The number of nitrogens with one attached hydrogen (secondary N) is 1. The highest BCUT2D eigenvalue weighted by atomic mass is 35.5. The minimum Gasteiger partial charge on any atom is -0.354 e. The van der Waals surface area contributed by atoms with Gasteiger partial charge in [-0.15, -0.1) is 0 Å². The Morgan fingerprint density at radius 1 is 1.29 bits per heavy atom. The molecule has 0 aliphatic heterocycles. The van der Waals surface area contributed by atoms with Gasteiger partial charge in [0, 0.05) is 20.4 Å². The molecule has 8 nitrogen and oxygen atoms in total. The maximum absolute atomic E-state index is 13.2. The number of aryl methyl sites for hydroxylation is 1. The van der Waals surface area contributed by atoms with Crippen LogP contribution in [0.4, 0.5) is 5.95 Å². The molecule has 0 bridgehead atoms. The summed E-state index contributed by atoms with van der Waals surface area (Å²) in [5.74, 6) is 0.285. The molecule has 0 aliphatic carbocycles. The first kappa shape index (κ1) is 20.5. The van der Waals surface area contributed by atoms with E-state index in [2.05, 4.69) is 20.3 Å². The van der Waals surface area contributed by atoms with Gasteiger partial charge in [0.25, 0.3) is 5.56 Å². The van der Waals surface area contributed by atoms with Crippen molar-refractivity contribution in [2.75, 3.05) is 32.3 Å². The first-order valence-electron chi connectivity index (χ1n) is 8.38. The Hall–Kier alpha value is -2.20. The molecule has 0 amide bonds. The second-order valence-corrected chi connectivity index (χ2v) is 7.09. The lowest BCUT2D eigenvalue weighted by Gasteiger charge is -2.18. The van der Waals surface area contributed by atoms with Crippen molar-refractivity contribution in [1.82, 2.24) is 19.5 Å². The smallest absolute Gasteiger partial charge is 0.270 e. The number of halogens is 1. The molecule has 2 heterocycles. The standard InChI is InChI=1S/C18H20ClN5O3S/c1-10-5-6-13(12(19)7-10)24-16(25)11-8-21-18(28-4)23-15(11)22-17(24)20-9-14(26-2)27-3/h5-8,14H,9H2,1-4H3,(H,20,21,22,23). The highest BCUT2D eigenvalue weighted by Gasteiger charge is 2.18. The lowest BCUT2D eigenvalue weighted by atomic mass is 10.2. The van der Waals surface area contributed by atoms with Gasteiger partial charge in [-0.2, -0.15) is 4.98 Å². The first-order valence-corrected chi connectivity index (χ1v) is 9.98. The van der Waals surface area contributed by atoms with Crippen molar-refractivity contribution in [3.05, 3.63) is 45.3 Å². The Labute approximate surface area is 171 Å². The first-order chi connectivity index (χ1) is 13.5. The summed E-state index contributed by atoms with van der Waals surface area (Å²) in [4.78, 5) is 26.3. The van der Waals surface area contributed by atoms with E-state index in [1.165, 1.54) is 36.7 Å². The summed E-state index contributed by atoms with van der Waals surface area (Å²) in [5, 5.41) is 4.37.